The Bertz CT molecular complexity index is 1910. The molecule has 4 aliphatic carbocycles. The predicted molar refractivity (Wildman–Crippen MR) is 252 cm³/mol. The number of hydrogen-bond acceptors (Lipinski definition) is 15. The number of hydrogen-bond donors (Lipinski definition) is 4. The molecule has 0 amide bonds. The molecule has 386 valence electrons. The molecule has 0 spiro atoms. The molecular weight excluding hydrogens is 887 g/mol. The molecular formula is C54H81NO14. The number of carbonyl (C=O) groups is 2. The fourth-order valence-electron chi connectivity index (χ4n) is 14.7. The normalized spacial score (nSPS) is 44.8. The van der Waals surface area contributed by atoms with E-state index in [0.717, 1.165) is 88.6 Å². The first-order valence-corrected chi connectivity index (χ1v) is 26.5. The van der Waals surface area contributed by atoms with E-state index in [1.165, 1.54) is 0 Å². The Labute approximate surface area is 408 Å². The molecule has 19 atom stereocenters. The molecule has 3 saturated heterocycles. The highest BCUT2D eigenvalue weighted by atomic mass is 16.7. The third-order valence-electron chi connectivity index (χ3n) is 18.5. The molecule has 9 rings (SSSR count). The van der Waals surface area contributed by atoms with Crippen LogP contribution in [0.1, 0.15) is 136 Å². The SMILES string of the molecule is C[C@@H]1CN(CCCCCC(=O)OCc2ccccc2)CC[C@H](O[C@H]2[C@@H](O)C[C@H](O[C@H]3[C@@H](O)C[C@H](O[C@H]4CC[C@@]5(C)[C@H](CC[C@@H]6[C@@H]5C[C@@H](O)[C@]5(C)[C@@H](C7=CC(=O)OC7)CC[C@]65O)C4)O[C@@H]3C)O[C@@H]2C)O1. The molecule has 15 heteroatoms. The van der Waals surface area contributed by atoms with E-state index in [2.05, 4.69) is 11.8 Å². The van der Waals surface area contributed by atoms with Crippen molar-refractivity contribution in [3.8, 4) is 0 Å². The Morgan fingerprint density at radius 3 is 2.19 bits per heavy atom. The van der Waals surface area contributed by atoms with Crippen LogP contribution in [0.2, 0.25) is 0 Å². The second-order valence-corrected chi connectivity index (χ2v) is 22.7. The van der Waals surface area contributed by atoms with Gasteiger partial charge in [-0.05, 0) is 132 Å². The van der Waals surface area contributed by atoms with Crippen molar-refractivity contribution in [1.82, 2.24) is 4.90 Å². The summed E-state index contributed by atoms with van der Waals surface area (Å²) in [6.07, 6.45) is 5.58. The molecule has 8 aliphatic rings. The molecule has 1 aromatic carbocycles. The number of aliphatic hydroxyl groups is 4. The standard InChI is InChI=1S/C54H81NO14/c1-32-29-55(22-11-7-10-14-45(59)62-30-35-12-8-6-9-13-35)23-19-47(64-32)68-50-33(2)66-49(28-43(50)57)69-51-34(3)65-48(27-42(51)56)67-38-17-20-52(4)37(25-38)15-16-40-41(52)26-44(58)53(5)39(18-21-54(40,53)61)36-24-46(60)63-31-36/h6,8-9,12-13,24,32-34,37-44,47-51,56-58,61H,7,10-11,14-23,25-31H2,1-5H3/t32-,33-,34-,37-,38+,39-,40-,41+,42+,43+,44-,47+,48+,49+,50-,51-,52+,53+,54+/m1/s1. The van der Waals surface area contributed by atoms with Crippen molar-refractivity contribution in [1.29, 1.82) is 0 Å². The van der Waals surface area contributed by atoms with Gasteiger partial charge in [0.05, 0.1) is 48.3 Å². The molecule has 4 aliphatic heterocycles. The second kappa shape index (κ2) is 21.5. The Balaban J connectivity index is 0.692. The van der Waals surface area contributed by atoms with Crippen LogP contribution >= 0.6 is 0 Å². The zero-order valence-corrected chi connectivity index (χ0v) is 41.7. The van der Waals surface area contributed by atoms with E-state index in [-0.39, 0.29) is 66.8 Å². The van der Waals surface area contributed by atoms with Crippen molar-refractivity contribution in [3.63, 3.8) is 0 Å². The summed E-state index contributed by atoms with van der Waals surface area (Å²) >= 11 is 0. The van der Waals surface area contributed by atoms with E-state index in [0.29, 0.717) is 38.2 Å². The van der Waals surface area contributed by atoms with Gasteiger partial charge in [0.1, 0.15) is 25.4 Å². The lowest BCUT2D eigenvalue weighted by molar-refractivity contribution is -0.329. The van der Waals surface area contributed by atoms with Crippen LogP contribution in [0.15, 0.2) is 42.0 Å². The summed E-state index contributed by atoms with van der Waals surface area (Å²) in [6.45, 7) is 13.2. The minimum atomic E-state index is -1.01. The zero-order valence-electron chi connectivity index (χ0n) is 41.7. The van der Waals surface area contributed by atoms with Gasteiger partial charge in [0.25, 0.3) is 0 Å². The van der Waals surface area contributed by atoms with Gasteiger partial charge in [-0.25, -0.2) is 4.79 Å². The topological polar surface area (TPSA) is 192 Å². The van der Waals surface area contributed by atoms with E-state index >= 15 is 0 Å². The molecule has 4 heterocycles. The number of benzene rings is 1. The van der Waals surface area contributed by atoms with E-state index in [4.69, 9.17) is 37.9 Å². The highest BCUT2D eigenvalue weighted by Crippen LogP contribution is 2.70. The summed E-state index contributed by atoms with van der Waals surface area (Å²) in [5, 5.41) is 47.4. The van der Waals surface area contributed by atoms with E-state index < -0.39 is 72.6 Å². The van der Waals surface area contributed by atoms with Crippen LogP contribution in [0.3, 0.4) is 0 Å². The van der Waals surface area contributed by atoms with Crippen molar-refractivity contribution in [2.24, 2.45) is 34.5 Å². The Morgan fingerprint density at radius 1 is 0.783 bits per heavy atom. The molecule has 15 nitrogen and oxygen atoms in total. The smallest absolute Gasteiger partial charge is 0.331 e. The van der Waals surface area contributed by atoms with Crippen molar-refractivity contribution in [2.75, 3.05) is 26.2 Å². The van der Waals surface area contributed by atoms with Gasteiger partial charge < -0.3 is 63.2 Å². The molecule has 69 heavy (non-hydrogen) atoms. The van der Waals surface area contributed by atoms with E-state index in [9.17, 15) is 30.0 Å². The number of nitrogens with zero attached hydrogens (tertiary/aromatic N) is 1. The number of unbranched alkanes of at least 4 members (excludes halogenated alkanes) is 2. The van der Waals surface area contributed by atoms with Crippen LogP contribution in [-0.2, 0) is 54.1 Å². The maximum Gasteiger partial charge on any atom is 0.331 e. The number of rotatable bonds is 15. The zero-order chi connectivity index (χ0) is 48.7. The van der Waals surface area contributed by atoms with Crippen LogP contribution in [0, 0.1) is 34.5 Å². The minimum absolute atomic E-state index is 0.0381. The second-order valence-electron chi connectivity index (χ2n) is 22.7. The molecule has 4 saturated carbocycles. The molecule has 7 fully saturated rings. The van der Waals surface area contributed by atoms with Crippen LogP contribution in [0.4, 0.5) is 0 Å². The van der Waals surface area contributed by atoms with Gasteiger partial charge in [0.2, 0.25) is 0 Å². The third-order valence-corrected chi connectivity index (χ3v) is 18.5. The molecule has 1 aromatic rings. The Morgan fingerprint density at radius 2 is 1.49 bits per heavy atom. The van der Waals surface area contributed by atoms with Crippen molar-refractivity contribution < 1.29 is 67.9 Å². The van der Waals surface area contributed by atoms with E-state index in [1.807, 2.05) is 58.0 Å². The molecule has 0 unspecified atom stereocenters. The quantitative estimate of drug-likeness (QED) is 0.0895. The number of cyclic esters (lactones) is 1. The van der Waals surface area contributed by atoms with Crippen molar-refractivity contribution in [3.05, 3.63) is 47.5 Å². The molecule has 0 aromatic heterocycles. The number of esters is 2. The highest BCUT2D eigenvalue weighted by Gasteiger charge is 2.71. The van der Waals surface area contributed by atoms with Crippen LogP contribution in [-0.4, -0.2) is 143 Å². The first-order valence-electron chi connectivity index (χ1n) is 26.5. The van der Waals surface area contributed by atoms with Crippen molar-refractivity contribution >= 4 is 11.9 Å². The lowest BCUT2D eigenvalue weighted by Crippen LogP contribution is -2.67. The Hall–Kier alpha value is -2.54. The fraction of sp³-hybridized carbons (Fsp3) is 0.815. The van der Waals surface area contributed by atoms with E-state index in [1.54, 1.807) is 6.08 Å². The van der Waals surface area contributed by atoms with Crippen molar-refractivity contribution in [2.45, 2.75) is 217 Å². The van der Waals surface area contributed by atoms with Gasteiger partial charge in [-0.1, -0.05) is 50.6 Å². The van der Waals surface area contributed by atoms with Gasteiger partial charge in [0, 0.05) is 50.3 Å². The monoisotopic (exact) mass is 968 g/mol. The Kier molecular flexibility index (Phi) is 16.0. The van der Waals surface area contributed by atoms with Crippen LogP contribution < -0.4 is 0 Å². The van der Waals surface area contributed by atoms with Gasteiger partial charge in [-0.2, -0.15) is 0 Å². The summed E-state index contributed by atoms with van der Waals surface area (Å²) in [6, 6.07) is 9.71. The predicted octanol–water partition coefficient (Wildman–Crippen LogP) is 6.10. The molecule has 0 bridgehead atoms. The average molecular weight is 968 g/mol. The maximum atomic E-state index is 12.6. The van der Waals surface area contributed by atoms with Crippen LogP contribution in [0.25, 0.3) is 0 Å². The summed E-state index contributed by atoms with van der Waals surface area (Å²) in [5.74, 6) is 0.0529. The molecule has 4 N–H and O–H groups in total. The summed E-state index contributed by atoms with van der Waals surface area (Å²) in [7, 11) is 0. The lowest BCUT2D eigenvalue weighted by Gasteiger charge is -2.65. The number of fused-ring (bicyclic) bond motifs is 5. The average Bonchev–Trinajstić information content (AvgIpc) is 3.80. The summed E-state index contributed by atoms with van der Waals surface area (Å²) in [4.78, 5) is 26.6. The highest BCUT2D eigenvalue weighted by molar-refractivity contribution is 5.85. The van der Waals surface area contributed by atoms with Gasteiger partial charge in [-0.3, -0.25) is 4.79 Å². The summed E-state index contributed by atoms with van der Waals surface area (Å²) < 4.78 is 49.1. The maximum absolute atomic E-state index is 12.6. The third kappa shape index (κ3) is 10.8. The minimum Gasteiger partial charge on any atom is -0.461 e. The largest absolute Gasteiger partial charge is 0.461 e. The number of ether oxygens (including phenoxy) is 8. The van der Waals surface area contributed by atoms with Crippen LogP contribution in [0.5, 0.6) is 0 Å². The number of aliphatic hydroxyl groups excluding tert-OH is 3. The number of carbonyl (C=O) groups excluding carboxylic acids is 2. The summed E-state index contributed by atoms with van der Waals surface area (Å²) in [5.41, 5.74) is 0.103. The fourth-order valence-corrected chi connectivity index (χ4v) is 14.7. The lowest BCUT2D eigenvalue weighted by atomic mass is 9.42. The van der Waals surface area contributed by atoms with Gasteiger partial charge >= 0.3 is 11.9 Å². The van der Waals surface area contributed by atoms with Gasteiger partial charge in [0.15, 0.2) is 18.9 Å². The van der Waals surface area contributed by atoms with Gasteiger partial charge in [-0.15, -0.1) is 0 Å². The molecule has 0 radical (unpaired) electrons. The first-order chi connectivity index (χ1) is 33.0. The first kappa shape index (κ1) is 51.4.